The first-order chi connectivity index (χ1) is 9.83. The van der Waals surface area contributed by atoms with Gasteiger partial charge in [-0.1, -0.05) is 36.4 Å². The summed E-state index contributed by atoms with van der Waals surface area (Å²) < 4.78 is 5.44. The van der Waals surface area contributed by atoms with Crippen molar-refractivity contribution >= 4 is 11.6 Å². The van der Waals surface area contributed by atoms with E-state index in [9.17, 15) is 4.79 Å². The van der Waals surface area contributed by atoms with Gasteiger partial charge in [0, 0.05) is 5.69 Å². The number of nitrogens with one attached hydrogen (secondary N) is 1. The molecule has 0 atom stereocenters. The van der Waals surface area contributed by atoms with Crippen LogP contribution in [-0.4, -0.2) is 12.5 Å². The van der Waals surface area contributed by atoms with E-state index in [2.05, 4.69) is 11.4 Å². The maximum atomic E-state index is 11.9. The van der Waals surface area contributed by atoms with Gasteiger partial charge in [0.05, 0.1) is 0 Å². The normalized spacial score (nSPS) is 13.8. The first-order valence-corrected chi connectivity index (χ1v) is 6.89. The Morgan fingerprint density at radius 2 is 1.75 bits per heavy atom. The molecule has 0 spiro atoms. The Kier molecular flexibility index (Phi) is 3.68. The average Bonchev–Trinajstić information content (AvgIpc) is 3.31. The Bertz CT molecular complexity index is 591. The molecule has 1 aliphatic rings. The van der Waals surface area contributed by atoms with Crippen molar-refractivity contribution in [2.24, 2.45) is 0 Å². The van der Waals surface area contributed by atoms with E-state index in [1.165, 1.54) is 18.4 Å². The summed E-state index contributed by atoms with van der Waals surface area (Å²) in [4.78, 5) is 11.9. The lowest BCUT2D eigenvalue weighted by molar-refractivity contribution is -0.118. The second kappa shape index (κ2) is 5.78. The molecule has 1 amide bonds. The largest absolute Gasteiger partial charge is 0.484 e. The molecular weight excluding hydrogens is 250 g/mol. The van der Waals surface area contributed by atoms with Gasteiger partial charge in [-0.25, -0.2) is 0 Å². The standard InChI is InChI=1S/C17H17NO2/c19-17(12-20-14-6-2-1-3-7-14)18-16-9-5-4-8-15(16)13-10-11-13/h1-9,13H,10-12H2,(H,18,19). The summed E-state index contributed by atoms with van der Waals surface area (Å²) in [5, 5.41) is 2.94. The molecule has 2 aromatic carbocycles. The molecule has 2 aromatic rings. The van der Waals surface area contributed by atoms with Gasteiger partial charge in [0.25, 0.3) is 5.91 Å². The Balaban J connectivity index is 1.59. The monoisotopic (exact) mass is 267 g/mol. The average molecular weight is 267 g/mol. The highest BCUT2D eigenvalue weighted by molar-refractivity contribution is 5.92. The third-order valence-electron chi connectivity index (χ3n) is 3.37. The van der Waals surface area contributed by atoms with Crippen LogP contribution in [0.15, 0.2) is 54.6 Å². The van der Waals surface area contributed by atoms with Crippen LogP contribution in [0, 0.1) is 0 Å². The second-order valence-corrected chi connectivity index (χ2v) is 5.01. The van der Waals surface area contributed by atoms with E-state index in [1.54, 1.807) is 0 Å². The van der Waals surface area contributed by atoms with Crippen molar-refractivity contribution in [3.63, 3.8) is 0 Å². The van der Waals surface area contributed by atoms with Crippen molar-refractivity contribution < 1.29 is 9.53 Å². The number of hydrogen-bond acceptors (Lipinski definition) is 2. The summed E-state index contributed by atoms with van der Waals surface area (Å²) >= 11 is 0. The van der Waals surface area contributed by atoms with E-state index in [-0.39, 0.29) is 12.5 Å². The summed E-state index contributed by atoms with van der Waals surface area (Å²) in [5.41, 5.74) is 2.15. The summed E-state index contributed by atoms with van der Waals surface area (Å²) in [6, 6.07) is 17.4. The van der Waals surface area contributed by atoms with E-state index in [4.69, 9.17) is 4.74 Å². The van der Waals surface area contributed by atoms with Gasteiger partial charge in [-0.15, -0.1) is 0 Å². The van der Waals surface area contributed by atoms with Gasteiger partial charge >= 0.3 is 0 Å². The smallest absolute Gasteiger partial charge is 0.262 e. The lowest BCUT2D eigenvalue weighted by Gasteiger charge is -2.11. The molecule has 1 aliphatic carbocycles. The van der Waals surface area contributed by atoms with E-state index in [0.717, 1.165) is 5.69 Å². The highest BCUT2D eigenvalue weighted by atomic mass is 16.5. The summed E-state index contributed by atoms with van der Waals surface area (Å²) in [5.74, 6) is 1.20. The fourth-order valence-electron chi connectivity index (χ4n) is 2.21. The number of para-hydroxylation sites is 2. The number of carbonyl (C=O) groups is 1. The summed E-state index contributed by atoms with van der Waals surface area (Å²) in [7, 11) is 0. The predicted octanol–water partition coefficient (Wildman–Crippen LogP) is 3.58. The highest BCUT2D eigenvalue weighted by Crippen LogP contribution is 2.43. The van der Waals surface area contributed by atoms with Crippen LogP contribution in [0.2, 0.25) is 0 Å². The minimum Gasteiger partial charge on any atom is -0.484 e. The van der Waals surface area contributed by atoms with E-state index < -0.39 is 0 Å². The van der Waals surface area contributed by atoms with Crippen LogP contribution in [0.4, 0.5) is 5.69 Å². The van der Waals surface area contributed by atoms with Gasteiger partial charge < -0.3 is 10.1 Å². The van der Waals surface area contributed by atoms with Gasteiger partial charge in [0.15, 0.2) is 6.61 Å². The topological polar surface area (TPSA) is 38.3 Å². The lowest BCUT2D eigenvalue weighted by Crippen LogP contribution is -2.20. The van der Waals surface area contributed by atoms with Crippen molar-refractivity contribution in [3.05, 3.63) is 60.2 Å². The molecule has 0 unspecified atom stereocenters. The second-order valence-electron chi connectivity index (χ2n) is 5.01. The Labute approximate surface area is 118 Å². The van der Waals surface area contributed by atoms with Crippen LogP contribution < -0.4 is 10.1 Å². The number of carbonyl (C=O) groups excluding carboxylic acids is 1. The highest BCUT2D eigenvalue weighted by Gasteiger charge is 2.26. The first-order valence-electron chi connectivity index (χ1n) is 6.89. The molecule has 0 saturated heterocycles. The molecule has 0 bridgehead atoms. The van der Waals surface area contributed by atoms with Crippen LogP contribution in [0.25, 0.3) is 0 Å². The van der Waals surface area contributed by atoms with E-state index in [1.807, 2.05) is 48.5 Å². The first kappa shape index (κ1) is 12.7. The third kappa shape index (κ3) is 3.18. The van der Waals surface area contributed by atoms with Gasteiger partial charge in [-0.3, -0.25) is 4.79 Å². The maximum Gasteiger partial charge on any atom is 0.262 e. The lowest BCUT2D eigenvalue weighted by atomic mass is 10.1. The third-order valence-corrected chi connectivity index (χ3v) is 3.37. The molecule has 1 saturated carbocycles. The van der Waals surface area contributed by atoms with Gasteiger partial charge in [0.2, 0.25) is 0 Å². The van der Waals surface area contributed by atoms with Gasteiger partial charge in [-0.2, -0.15) is 0 Å². The minimum atomic E-state index is -0.123. The number of hydrogen-bond donors (Lipinski definition) is 1. The van der Waals surface area contributed by atoms with Crippen LogP contribution >= 0.6 is 0 Å². The van der Waals surface area contributed by atoms with Crippen LogP contribution in [0.3, 0.4) is 0 Å². The number of benzene rings is 2. The van der Waals surface area contributed by atoms with Crippen molar-refractivity contribution in [2.45, 2.75) is 18.8 Å². The predicted molar refractivity (Wildman–Crippen MR) is 79.0 cm³/mol. The SMILES string of the molecule is O=C(COc1ccccc1)Nc1ccccc1C1CC1. The maximum absolute atomic E-state index is 11.9. The van der Waals surface area contributed by atoms with Gasteiger partial charge in [0.1, 0.15) is 5.75 Å². The molecule has 0 heterocycles. The van der Waals surface area contributed by atoms with E-state index >= 15 is 0 Å². The fourth-order valence-corrected chi connectivity index (χ4v) is 2.21. The number of ether oxygens (including phenoxy) is 1. The van der Waals surface area contributed by atoms with Crippen LogP contribution in [0.5, 0.6) is 5.75 Å². The Hall–Kier alpha value is -2.29. The molecule has 3 heteroatoms. The quantitative estimate of drug-likeness (QED) is 0.899. The van der Waals surface area contributed by atoms with Crippen LogP contribution in [0.1, 0.15) is 24.3 Å². The summed E-state index contributed by atoms with van der Waals surface area (Å²) in [6.45, 7) is 0.0308. The van der Waals surface area contributed by atoms with Gasteiger partial charge in [-0.05, 0) is 42.5 Å². The Morgan fingerprint density at radius 3 is 2.50 bits per heavy atom. The summed E-state index contributed by atoms with van der Waals surface area (Å²) in [6.07, 6.45) is 2.43. The zero-order valence-electron chi connectivity index (χ0n) is 11.2. The Morgan fingerprint density at radius 1 is 1.05 bits per heavy atom. The molecule has 3 nitrogen and oxygen atoms in total. The molecule has 1 N–H and O–H groups in total. The van der Waals surface area contributed by atoms with Crippen molar-refractivity contribution in [2.75, 3.05) is 11.9 Å². The van der Waals surface area contributed by atoms with E-state index in [0.29, 0.717) is 11.7 Å². The molecule has 3 rings (SSSR count). The number of amides is 1. The zero-order valence-corrected chi connectivity index (χ0v) is 11.2. The molecule has 20 heavy (non-hydrogen) atoms. The molecule has 0 aromatic heterocycles. The number of rotatable bonds is 5. The van der Waals surface area contributed by atoms with Crippen molar-refractivity contribution in [3.8, 4) is 5.75 Å². The van der Waals surface area contributed by atoms with Crippen LogP contribution in [-0.2, 0) is 4.79 Å². The fraction of sp³-hybridized carbons (Fsp3) is 0.235. The molecule has 0 aliphatic heterocycles. The number of anilines is 1. The minimum absolute atomic E-state index is 0.0308. The molecule has 0 radical (unpaired) electrons. The molecule has 102 valence electrons. The molecular formula is C17H17NO2. The zero-order chi connectivity index (χ0) is 13.8. The van der Waals surface area contributed by atoms with Crippen molar-refractivity contribution in [1.82, 2.24) is 0 Å². The van der Waals surface area contributed by atoms with Crippen molar-refractivity contribution in [1.29, 1.82) is 0 Å². The molecule has 1 fully saturated rings.